The normalized spacial score (nSPS) is 12.6. The Morgan fingerprint density at radius 3 is 2.74 bits per heavy atom. The monoisotopic (exact) mass is 258 g/mol. The smallest absolute Gasteiger partial charge is 0.137 e. The van der Waals surface area contributed by atoms with Gasteiger partial charge in [-0.1, -0.05) is 25.1 Å². The summed E-state index contributed by atoms with van der Waals surface area (Å²) < 4.78 is 1.88. The van der Waals surface area contributed by atoms with Crippen molar-refractivity contribution >= 4 is 0 Å². The van der Waals surface area contributed by atoms with Crippen LogP contribution < -0.4 is 5.32 Å². The van der Waals surface area contributed by atoms with E-state index in [1.165, 1.54) is 16.7 Å². The quantitative estimate of drug-likeness (QED) is 0.866. The van der Waals surface area contributed by atoms with Crippen LogP contribution in [0.5, 0.6) is 0 Å². The maximum atomic E-state index is 4.20. The second kappa shape index (κ2) is 6.48. The van der Waals surface area contributed by atoms with Gasteiger partial charge in [-0.05, 0) is 43.5 Å². The Morgan fingerprint density at radius 2 is 2.11 bits per heavy atom. The van der Waals surface area contributed by atoms with E-state index in [4.69, 9.17) is 0 Å². The highest BCUT2D eigenvalue weighted by Gasteiger charge is 2.12. The Hall–Kier alpha value is -1.68. The van der Waals surface area contributed by atoms with Crippen molar-refractivity contribution in [3.05, 3.63) is 47.5 Å². The van der Waals surface area contributed by atoms with E-state index in [-0.39, 0.29) is 6.04 Å². The summed E-state index contributed by atoms with van der Waals surface area (Å²) in [5, 5.41) is 7.78. The van der Waals surface area contributed by atoms with Crippen molar-refractivity contribution in [2.45, 2.75) is 39.8 Å². The predicted octanol–water partition coefficient (Wildman–Crippen LogP) is 2.64. The topological polar surface area (TPSA) is 42.7 Å². The molecule has 0 aliphatic heterocycles. The second-order valence-corrected chi connectivity index (χ2v) is 4.97. The molecule has 0 saturated heterocycles. The lowest BCUT2D eigenvalue weighted by Gasteiger charge is -2.19. The van der Waals surface area contributed by atoms with Gasteiger partial charge in [0.25, 0.3) is 0 Å². The number of hydrogen-bond donors (Lipinski definition) is 1. The van der Waals surface area contributed by atoms with Gasteiger partial charge >= 0.3 is 0 Å². The average Bonchev–Trinajstić information content (AvgIpc) is 2.91. The summed E-state index contributed by atoms with van der Waals surface area (Å²) in [6.45, 7) is 8.30. The minimum atomic E-state index is 0.279. The zero-order valence-electron chi connectivity index (χ0n) is 11.9. The van der Waals surface area contributed by atoms with Gasteiger partial charge in [-0.15, -0.1) is 0 Å². The lowest BCUT2D eigenvalue weighted by molar-refractivity contribution is 0.438. The largest absolute Gasteiger partial charge is 0.308 e. The Bertz CT molecular complexity index is 505. The van der Waals surface area contributed by atoms with Crippen molar-refractivity contribution in [2.24, 2.45) is 0 Å². The Morgan fingerprint density at radius 1 is 1.26 bits per heavy atom. The van der Waals surface area contributed by atoms with E-state index in [1.807, 2.05) is 4.68 Å². The first kappa shape index (κ1) is 13.7. The number of aromatic nitrogens is 3. The molecule has 1 aromatic heterocycles. The molecule has 4 nitrogen and oxygen atoms in total. The number of rotatable bonds is 6. The molecule has 1 unspecified atom stereocenters. The Balaban J connectivity index is 2.18. The summed E-state index contributed by atoms with van der Waals surface area (Å²) in [5.41, 5.74) is 3.98. The zero-order valence-corrected chi connectivity index (χ0v) is 11.9. The fourth-order valence-electron chi connectivity index (χ4n) is 2.10. The van der Waals surface area contributed by atoms with E-state index in [0.29, 0.717) is 0 Å². The second-order valence-electron chi connectivity index (χ2n) is 4.97. The van der Waals surface area contributed by atoms with Crippen LogP contribution in [0.1, 0.15) is 36.1 Å². The fourth-order valence-corrected chi connectivity index (χ4v) is 2.10. The maximum Gasteiger partial charge on any atom is 0.137 e. The molecule has 0 bridgehead atoms. The van der Waals surface area contributed by atoms with E-state index in [1.54, 1.807) is 12.7 Å². The van der Waals surface area contributed by atoms with Crippen LogP contribution in [0.3, 0.4) is 0 Å². The molecular formula is C15H22N4. The summed E-state index contributed by atoms with van der Waals surface area (Å²) >= 11 is 0. The zero-order chi connectivity index (χ0) is 13.7. The van der Waals surface area contributed by atoms with Crippen molar-refractivity contribution < 1.29 is 0 Å². The molecule has 0 aliphatic carbocycles. The Kier molecular flexibility index (Phi) is 4.68. The summed E-state index contributed by atoms with van der Waals surface area (Å²) in [4.78, 5) is 4.00. The number of aryl methyl sites for hydroxylation is 2. The maximum absolute atomic E-state index is 4.20. The number of benzene rings is 1. The third-order valence-electron chi connectivity index (χ3n) is 3.41. The molecule has 1 N–H and O–H groups in total. The molecule has 0 spiro atoms. The van der Waals surface area contributed by atoms with Crippen LogP contribution in [0.4, 0.5) is 0 Å². The minimum absolute atomic E-state index is 0.279. The standard InChI is InChI=1S/C15H22N4/c1-4-7-17-15(9-19-11-16-10-18-19)14-6-5-12(2)13(3)8-14/h5-6,8,10-11,15,17H,4,7,9H2,1-3H3. The first-order valence-electron chi connectivity index (χ1n) is 6.83. The molecule has 2 rings (SSSR count). The molecule has 2 aromatic rings. The molecule has 1 heterocycles. The molecular weight excluding hydrogens is 236 g/mol. The van der Waals surface area contributed by atoms with E-state index >= 15 is 0 Å². The average molecular weight is 258 g/mol. The van der Waals surface area contributed by atoms with Crippen molar-refractivity contribution in [3.63, 3.8) is 0 Å². The van der Waals surface area contributed by atoms with E-state index < -0.39 is 0 Å². The van der Waals surface area contributed by atoms with Crippen LogP contribution in [0, 0.1) is 13.8 Å². The van der Waals surface area contributed by atoms with Crippen LogP contribution in [-0.2, 0) is 6.54 Å². The third kappa shape index (κ3) is 3.64. The van der Waals surface area contributed by atoms with Crippen molar-refractivity contribution in [1.29, 1.82) is 0 Å². The number of nitrogens with one attached hydrogen (secondary N) is 1. The lowest BCUT2D eigenvalue weighted by Crippen LogP contribution is -2.26. The van der Waals surface area contributed by atoms with Gasteiger partial charge in [0.05, 0.1) is 12.6 Å². The first-order valence-corrected chi connectivity index (χ1v) is 6.83. The molecule has 0 amide bonds. The molecule has 0 fully saturated rings. The molecule has 1 aromatic carbocycles. The summed E-state index contributed by atoms with van der Waals surface area (Å²) in [6, 6.07) is 6.93. The number of hydrogen-bond acceptors (Lipinski definition) is 3. The summed E-state index contributed by atoms with van der Waals surface area (Å²) in [7, 11) is 0. The van der Waals surface area contributed by atoms with Crippen LogP contribution in [-0.4, -0.2) is 21.3 Å². The molecule has 1 atom stereocenters. The van der Waals surface area contributed by atoms with E-state index in [2.05, 4.69) is 54.4 Å². The van der Waals surface area contributed by atoms with Crippen molar-refractivity contribution in [3.8, 4) is 0 Å². The molecule has 0 radical (unpaired) electrons. The van der Waals surface area contributed by atoms with Crippen LogP contribution in [0.15, 0.2) is 30.9 Å². The summed E-state index contributed by atoms with van der Waals surface area (Å²) in [6.07, 6.45) is 4.47. The van der Waals surface area contributed by atoms with E-state index in [9.17, 15) is 0 Å². The van der Waals surface area contributed by atoms with Gasteiger partial charge < -0.3 is 5.32 Å². The summed E-state index contributed by atoms with van der Waals surface area (Å²) in [5.74, 6) is 0. The minimum Gasteiger partial charge on any atom is -0.308 e. The van der Waals surface area contributed by atoms with Gasteiger partial charge in [0.2, 0.25) is 0 Å². The predicted molar refractivity (Wildman–Crippen MR) is 77.0 cm³/mol. The van der Waals surface area contributed by atoms with Gasteiger partial charge in [0.1, 0.15) is 12.7 Å². The highest BCUT2D eigenvalue weighted by Crippen LogP contribution is 2.18. The number of nitrogens with zero attached hydrogens (tertiary/aromatic N) is 3. The molecule has 0 aliphatic rings. The highest BCUT2D eigenvalue weighted by atomic mass is 15.3. The van der Waals surface area contributed by atoms with Gasteiger partial charge in [0, 0.05) is 0 Å². The lowest BCUT2D eigenvalue weighted by atomic mass is 10.0. The van der Waals surface area contributed by atoms with Crippen LogP contribution in [0.2, 0.25) is 0 Å². The first-order chi connectivity index (χ1) is 9.20. The van der Waals surface area contributed by atoms with Crippen molar-refractivity contribution in [2.75, 3.05) is 6.54 Å². The molecule has 0 saturated carbocycles. The van der Waals surface area contributed by atoms with Gasteiger partial charge in [-0.3, -0.25) is 4.68 Å². The van der Waals surface area contributed by atoms with Gasteiger partial charge in [-0.25, -0.2) is 4.98 Å². The molecule has 4 heteroatoms. The van der Waals surface area contributed by atoms with Crippen LogP contribution >= 0.6 is 0 Å². The molecule has 19 heavy (non-hydrogen) atoms. The SMILES string of the molecule is CCCNC(Cn1cncn1)c1ccc(C)c(C)c1. The molecule has 102 valence electrons. The van der Waals surface area contributed by atoms with E-state index in [0.717, 1.165) is 19.5 Å². The van der Waals surface area contributed by atoms with Crippen LogP contribution in [0.25, 0.3) is 0 Å². The third-order valence-corrected chi connectivity index (χ3v) is 3.41. The van der Waals surface area contributed by atoms with Gasteiger partial charge in [-0.2, -0.15) is 5.10 Å². The van der Waals surface area contributed by atoms with Gasteiger partial charge in [0.15, 0.2) is 0 Å². The Labute approximate surface area is 114 Å². The highest BCUT2D eigenvalue weighted by molar-refractivity contribution is 5.31. The van der Waals surface area contributed by atoms with Crippen molar-refractivity contribution in [1.82, 2.24) is 20.1 Å². The fraction of sp³-hybridized carbons (Fsp3) is 0.467.